The summed E-state index contributed by atoms with van der Waals surface area (Å²) in [6.07, 6.45) is -7.18. The number of nitrogens with one attached hydrogen (secondary N) is 1. The lowest BCUT2D eigenvalue weighted by Gasteiger charge is -2.30. The zero-order valence-corrected chi connectivity index (χ0v) is 22.5. The van der Waals surface area contributed by atoms with Crippen LogP contribution in [0.1, 0.15) is 34.6 Å². The van der Waals surface area contributed by atoms with E-state index in [0.717, 1.165) is 30.5 Å². The molecule has 41 heavy (non-hydrogen) atoms. The Morgan fingerprint density at radius 3 is 2.63 bits per heavy atom. The Morgan fingerprint density at radius 2 is 1.93 bits per heavy atom. The Morgan fingerprint density at radius 1 is 1.17 bits per heavy atom. The molecule has 0 spiro atoms. The molecule has 2 aliphatic rings. The van der Waals surface area contributed by atoms with Gasteiger partial charge in [0.05, 0.1) is 24.7 Å². The van der Waals surface area contributed by atoms with Crippen molar-refractivity contribution in [2.24, 2.45) is 5.92 Å². The number of piperidine rings is 1. The number of aromatic nitrogens is 2. The number of halogens is 5. The van der Waals surface area contributed by atoms with Crippen LogP contribution in [0.5, 0.6) is 11.5 Å². The second-order valence-electron chi connectivity index (χ2n) is 9.57. The number of para-hydroxylation sites is 1. The molecule has 1 fully saturated rings. The Bertz CT molecular complexity index is 1460. The molecule has 1 saturated heterocycles. The van der Waals surface area contributed by atoms with Gasteiger partial charge in [-0.05, 0) is 43.0 Å². The third-order valence-electron chi connectivity index (χ3n) is 6.82. The van der Waals surface area contributed by atoms with E-state index in [2.05, 4.69) is 28.8 Å². The standard InChI is InChI=1S/C26H25F5N4O5S/c1-38-21(36)14-41-34-9-7-15(8-10-34)12-32-23(37)16-5-6-19-18(11-16)33-24(25(27,28)29)35(19)13-17-3-2-4-20-22(17)40-26(30,31)39-20/h2-6,11,15H,7-10,12-14H2,1H3,(H,32,37). The number of benzene rings is 2. The summed E-state index contributed by atoms with van der Waals surface area (Å²) >= 11 is 1.40. The van der Waals surface area contributed by atoms with Crippen molar-refractivity contribution in [3.8, 4) is 11.5 Å². The monoisotopic (exact) mass is 600 g/mol. The fourth-order valence-electron chi connectivity index (χ4n) is 4.75. The number of methoxy groups -OCH3 is 1. The largest absolute Gasteiger partial charge is 0.586 e. The van der Waals surface area contributed by atoms with Gasteiger partial charge in [-0.15, -0.1) is 8.78 Å². The first-order chi connectivity index (χ1) is 19.4. The van der Waals surface area contributed by atoms with Crippen LogP contribution in [0, 0.1) is 5.92 Å². The molecule has 0 aliphatic carbocycles. The Kier molecular flexibility index (Phi) is 8.01. The molecule has 2 aromatic carbocycles. The van der Waals surface area contributed by atoms with Crippen LogP contribution >= 0.6 is 11.9 Å². The average molecular weight is 601 g/mol. The zero-order chi connectivity index (χ0) is 29.4. The molecular weight excluding hydrogens is 575 g/mol. The van der Waals surface area contributed by atoms with Crippen molar-refractivity contribution >= 4 is 34.9 Å². The molecule has 1 aromatic heterocycles. The number of imidazole rings is 1. The number of hydrogen-bond donors (Lipinski definition) is 1. The van der Waals surface area contributed by atoms with Crippen LogP contribution < -0.4 is 14.8 Å². The predicted molar refractivity (Wildman–Crippen MR) is 138 cm³/mol. The number of alkyl halides is 5. The van der Waals surface area contributed by atoms with Gasteiger partial charge in [-0.1, -0.05) is 24.1 Å². The van der Waals surface area contributed by atoms with E-state index in [0.29, 0.717) is 6.54 Å². The lowest BCUT2D eigenvalue weighted by molar-refractivity contribution is -0.287. The Labute approximate surface area is 235 Å². The van der Waals surface area contributed by atoms with E-state index in [1.54, 1.807) is 0 Å². The predicted octanol–water partition coefficient (Wildman–Crippen LogP) is 4.69. The first kappa shape index (κ1) is 28.9. The Hall–Kier alpha value is -3.59. The SMILES string of the molecule is COC(=O)CSN1CCC(CNC(=O)c2ccc3c(c2)nc(C(F)(F)F)n3Cc2cccc3c2OC(F)(F)O3)CC1. The highest BCUT2D eigenvalue weighted by Crippen LogP contribution is 2.44. The molecule has 15 heteroatoms. The van der Waals surface area contributed by atoms with E-state index in [-0.39, 0.29) is 51.3 Å². The van der Waals surface area contributed by atoms with Gasteiger partial charge in [0.25, 0.3) is 5.91 Å². The van der Waals surface area contributed by atoms with Gasteiger partial charge in [0, 0.05) is 30.8 Å². The molecule has 0 radical (unpaired) electrons. The van der Waals surface area contributed by atoms with Crippen LogP contribution in [-0.4, -0.2) is 64.5 Å². The number of hydrogen-bond acceptors (Lipinski definition) is 8. The normalized spacial score (nSPS) is 17.1. The summed E-state index contributed by atoms with van der Waals surface area (Å²) in [5, 5.41) is 2.84. The van der Waals surface area contributed by atoms with Gasteiger partial charge >= 0.3 is 18.4 Å². The van der Waals surface area contributed by atoms with Crippen LogP contribution in [0.2, 0.25) is 0 Å². The fourth-order valence-corrected chi connectivity index (χ4v) is 5.63. The minimum atomic E-state index is -4.86. The third-order valence-corrected chi connectivity index (χ3v) is 7.92. The molecule has 0 unspecified atom stereocenters. The number of rotatable bonds is 8. The summed E-state index contributed by atoms with van der Waals surface area (Å²) in [5.41, 5.74) is 0.171. The molecule has 1 N–H and O–H groups in total. The summed E-state index contributed by atoms with van der Waals surface area (Å²) in [6.45, 7) is 1.40. The van der Waals surface area contributed by atoms with Crippen molar-refractivity contribution < 1.29 is 45.8 Å². The number of esters is 1. The van der Waals surface area contributed by atoms with Crippen LogP contribution in [0.4, 0.5) is 22.0 Å². The summed E-state index contributed by atoms with van der Waals surface area (Å²) in [4.78, 5) is 27.9. The second kappa shape index (κ2) is 11.4. The Balaban J connectivity index is 1.28. The summed E-state index contributed by atoms with van der Waals surface area (Å²) < 4.78 is 85.5. The van der Waals surface area contributed by atoms with Crippen molar-refractivity contribution in [3.05, 3.63) is 53.3 Å². The number of fused-ring (bicyclic) bond motifs is 2. The van der Waals surface area contributed by atoms with Crippen molar-refractivity contribution in [2.45, 2.75) is 31.9 Å². The first-order valence-corrected chi connectivity index (χ1v) is 13.6. The highest BCUT2D eigenvalue weighted by molar-refractivity contribution is 7.97. The molecule has 220 valence electrons. The quantitative estimate of drug-likeness (QED) is 0.226. The van der Waals surface area contributed by atoms with Gasteiger partial charge in [-0.3, -0.25) is 13.9 Å². The lowest BCUT2D eigenvalue weighted by atomic mass is 9.98. The third kappa shape index (κ3) is 6.50. The maximum atomic E-state index is 13.9. The van der Waals surface area contributed by atoms with Crippen LogP contribution in [-0.2, 0) is 22.3 Å². The molecule has 9 nitrogen and oxygen atoms in total. The van der Waals surface area contributed by atoms with Crippen molar-refractivity contribution in [1.82, 2.24) is 19.2 Å². The minimum absolute atomic E-state index is 0.0426. The van der Waals surface area contributed by atoms with E-state index in [1.165, 1.54) is 55.5 Å². The van der Waals surface area contributed by atoms with Crippen molar-refractivity contribution in [1.29, 1.82) is 0 Å². The van der Waals surface area contributed by atoms with Gasteiger partial charge in [0.2, 0.25) is 5.82 Å². The number of amides is 1. The van der Waals surface area contributed by atoms with E-state index < -0.39 is 30.7 Å². The van der Waals surface area contributed by atoms with Gasteiger partial charge in [-0.2, -0.15) is 13.2 Å². The minimum Gasteiger partial charge on any atom is -0.468 e. The molecule has 3 heterocycles. The highest BCUT2D eigenvalue weighted by atomic mass is 32.2. The molecule has 0 bridgehead atoms. The first-order valence-electron chi connectivity index (χ1n) is 12.6. The second-order valence-corrected chi connectivity index (χ2v) is 10.6. The molecule has 1 amide bonds. The van der Waals surface area contributed by atoms with E-state index in [9.17, 15) is 31.5 Å². The number of carbonyl (C=O) groups is 2. The summed E-state index contributed by atoms with van der Waals surface area (Å²) in [6, 6.07) is 7.98. The number of carbonyl (C=O) groups excluding carboxylic acids is 2. The molecule has 5 rings (SSSR count). The summed E-state index contributed by atoms with van der Waals surface area (Å²) in [5.74, 6) is -2.19. The molecular formula is C26H25F5N4O5S. The van der Waals surface area contributed by atoms with Gasteiger partial charge in [-0.25, -0.2) is 4.98 Å². The van der Waals surface area contributed by atoms with Crippen molar-refractivity contribution in [3.63, 3.8) is 0 Å². The highest BCUT2D eigenvalue weighted by Gasteiger charge is 2.45. The maximum absolute atomic E-state index is 13.9. The molecule has 3 aromatic rings. The van der Waals surface area contributed by atoms with E-state index in [4.69, 9.17) is 0 Å². The zero-order valence-electron chi connectivity index (χ0n) is 21.7. The molecule has 2 aliphatic heterocycles. The lowest BCUT2D eigenvalue weighted by Crippen LogP contribution is -2.36. The number of ether oxygens (including phenoxy) is 3. The van der Waals surface area contributed by atoms with E-state index >= 15 is 0 Å². The van der Waals surface area contributed by atoms with Crippen LogP contribution in [0.25, 0.3) is 11.0 Å². The van der Waals surface area contributed by atoms with Crippen LogP contribution in [0.3, 0.4) is 0 Å². The van der Waals surface area contributed by atoms with Crippen molar-refractivity contribution in [2.75, 3.05) is 32.5 Å². The summed E-state index contributed by atoms with van der Waals surface area (Å²) in [7, 11) is 1.34. The smallest absolute Gasteiger partial charge is 0.468 e. The average Bonchev–Trinajstić information content (AvgIpc) is 3.47. The topological polar surface area (TPSA) is 94.9 Å². The fraction of sp³-hybridized carbons (Fsp3) is 0.423. The number of nitrogens with zero attached hydrogens (tertiary/aromatic N) is 3. The van der Waals surface area contributed by atoms with Crippen LogP contribution in [0.15, 0.2) is 36.4 Å². The van der Waals surface area contributed by atoms with Gasteiger partial charge < -0.3 is 24.1 Å². The maximum Gasteiger partial charge on any atom is 0.586 e. The van der Waals surface area contributed by atoms with E-state index in [1.807, 2.05) is 0 Å². The van der Waals surface area contributed by atoms with Gasteiger partial charge in [0.1, 0.15) is 5.75 Å². The van der Waals surface area contributed by atoms with Gasteiger partial charge in [0.15, 0.2) is 11.5 Å². The molecule has 0 atom stereocenters. The molecule has 0 saturated carbocycles.